The van der Waals surface area contributed by atoms with E-state index in [-0.39, 0.29) is 12.2 Å². The fourth-order valence-electron chi connectivity index (χ4n) is 1.24. The van der Waals surface area contributed by atoms with Gasteiger partial charge in [-0.25, -0.2) is 0 Å². The molecule has 0 rings (SSSR count). The molecule has 0 heterocycles. The highest BCUT2D eigenvalue weighted by molar-refractivity contribution is 5.76. The lowest BCUT2D eigenvalue weighted by atomic mass is 10.2. The Kier molecular flexibility index (Phi) is 6.70. The van der Waals surface area contributed by atoms with E-state index >= 15 is 0 Å². The fraction of sp³-hybridized carbons (Fsp3) is 0.900. The van der Waals surface area contributed by atoms with Gasteiger partial charge in [0.05, 0.1) is 6.42 Å². The van der Waals surface area contributed by atoms with Crippen LogP contribution >= 0.6 is 0 Å². The van der Waals surface area contributed by atoms with E-state index in [0.29, 0.717) is 19.8 Å². The summed E-state index contributed by atoms with van der Waals surface area (Å²) < 4.78 is 16.1. The van der Waals surface area contributed by atoms with Crippen LogP contribution in [-0.4, -0.2) is 31.6 Å². The maximum atomic E-state index is 11.0. The first-order valence-corrected chi connectivity index (χ1v) is 5.01. The molecule has 0 N–H and O–H groups in total. The monoisotopic (exact) mass is 204 g/mol. The fourth-order valence-corrected chi connectivity index (χ4v) is 1.24. The minimum absolute atomic E-state index is 0.0136. The predicted octanol–water partition coefficient (Wildman–Crippen LogP) is 1.73. The zero-order valence-corrected chi connectivity index (χ0v) is 9.46. The summed E-state index contributed by atoms with van der Waals surface area (Å²) in [6.45, 7) is 8.37. The van der Waals surface area contributed by atoms with Crippen LogP contribution in [-0.2, 0) is 19.0 Å². The third-order valence-corrected chi connectivity index (χ3v) is 1.56. The van der Waals surface area contributed by atoms with Crippen molar-refractivity contribution >= 4 is 5.78 Å². The highest BCUT2D eigenvalue weighted by atomic mass is 16.9. The predicted molar refractivity (Wildman–Crippen MR) is 52.9 cm³/mol. The van der Waals surface area contributed by atoms with Crippen molar-refractivity contribution in [2.45, 2.75) is 40.1 Å². The zero-order chi connectivity index (χ0) is 11.0. The molecule has 0 saturated heterocycles. The number of Topliss-reactive ketones (excluding diaryl/α,β-unsaturated/α-hetero) is 1. The molecule has 0 aliphatic rings. The molecule has 0 bridgehead atoms. The van der Waals surface area contributed by atoms with Crippen LogP contribution in [0.2, 0.25) is 0 Å². The Morgan fingerprint density at radius 2 is 1.36 bits per heavy atom. The SMILES string of the molecule is CCOC(CC(C)=O)(OCC)OCC. The van der Waals surface area contributed by atoms with Gasteiger partial charge >= 0.3 is 0 Å². The van der Waals surface area contributed by atoms with E-state index in [9.17, 15) is 4.79 Å². The van der Waals surface area contributed by atoms with Crippen LogP contribution in [0.3, 0.4) is 0 Å². The van der Waals surface area contributed by atoms with Gasteiger partial charge in [-0.15, -0.1) is 0 Å². The molecule has 0 aromatic carbocycles. The number of carbonyl (C=O) groups excluding carboxylic acids is 1. The third-order valence-electron chi connectivity index (χ3n) is 1.56. The van der Waals surface area contributed by atoms with Crippen LogP contribution in [0.1, 0.15) is 34.1 Å². The first-order valence-electron chi connectivity index (χ1n) is 5.01. The minimum Gasteiger partial charge on any atom is -0.327 e. The molecule has 4 nitrogen and oxygen atoms in total. The summed E-state index contributed by atoms with van der Waals surface area (Å²) in [6, 6.07) is 0. The minimum atomic E-state index is -1.18. The van der Waals surface area contributed by atoms with Gasteiger partial charge in [-0.05, 0) is 27.7 Å². The van der Waals surface area contributed by atoms with Crippen molar-refractivity contribution in [3.8, 4) is 0 Å². The van der Waals surface area contributed by atoms with E-state index in [2.05, 4.69) is 0 Å². The summed E-state index contributed by atoms with van der Waals surface area (Å²) in [5.74, 6) is -1.19. The molecule has 0 amide bonds. The Hall–Kier alpha value is -0.450. The summed E-state index contributed by atoms with van der Waals surface area (Å²) in [7, 11) is 0. The summed E-state index contributed by atoms with van der Waals surface area (Å²) >= 11 is 0. The second-order valence-corrected chi connectivity index (χ2v) is 2.86. The molecule has 0 spiro atoms. The van der Waals surface area contributed by atoms with Crippen LogP contribution < -0.4 is 0 Å². The molecule has 0 aromatic heterocycles. The average Bonchev–Trinajstić information content (AvgIpc) is 2.03. The van der Waals surface area contributed by atoms with Crippen LogP contribution in [0.4, 0.5) is 0 Å². The Morgan fingerprint density at radius 3 is 1.57 bits per heavy atom. The second kappa shape index (κ2) is 6.92. The smallest absolute Gasteiger partial charge is 0.290 e. The lowest BCUT2D eigenvalue weighted by Gasteiger charge is -2.31. The number of hydrogen-bond acceptors (Lipinski definition) is 4. The number of carbonyl (C=O) groups is 1. The van der Waals surface area contributed by atoms with Crippen molar-refractivity contribution in [2.75, 3.05) is 19.8 Å². The molecule has 0 radical (unpaired) electrons. The Balaban J connectivity index is 4.45. The van der Waals surface area contributed by atoms with Crippen LogP contribution in [0.5, 0.6) is 0 Å². The summed E-state index contributed by atoms with van der Waals surface area (Å²) in [4.78, 5) is 11.0. The summed E-state index contributed by atoms with van der Waals surface area (Å²) in [5, 5.41) is 0. The van der Waals surface area contributed by atoms with E-state index < -0.39 is 5.97 Å². The number of ketones is 1. The molecule has 4 heteroatoms. The molecule has 0 aliphatic heterocycles. The van der Waals surface area contributed by atoms with Gasteiger partial charge in [-0.2, -0.15) is 0 Å². The molecule has 14 heavy (non-hydrogen) atoms. The summed E-state index contributed by atoms with van der Waals surface area (Å²) in [5.41, 5.74) is 0. The molecule has 0 fully saturated rings. The number of rotatable bonds is 8. The molecular weight excluding hydrogens is 184 g/mol. The molecule has 0 atom stereocenters. The number of ether oxygens (including phenoxy) is 3. The van der Waals surface area contributed by atoms with Crippen LogP contribution in [0, 0.1) is 0 Å². The van der Waals surface area contributed by atoms with E-state index in [4.69, 9.17) is 14.2 Å². The number of hydrogen-bond donors (Lipinski definition) is 0. The lowest BCUT2D eigenvalue weighted by molar-refractivity contribution is -0.374. The largest absolute Gasteiger partial charge is 0.327 e. The highest BCUT2D eigenvalue weighted by Crippen LogP contribution is 2.20. The topological polar surface area (TPSA) is 44.8 Å². The average molecular weight is 204 g/mol. The van der Waals surface area contributed by atoms with Gasteiger partial charge in [0.1, 0.15) is 5.78 Å². The second-order valence-electron chi connectivity index (χ2n) is 2.86. The van der Waals surface area contributed by atoms with Gasteiger partial charge in [0.2, 0.25) is 0 Å². The third kappa shape index (κ3) is 4.69. The van der Waals surface area contributed by atoms with E-state index in [1.165, 1.54) is 6.92 Å². The van der Waals surface area contributed by atoms with Crippen molar-refractivity contribution in [2.24, 2.45) is 0 Å². The van der Waals surface area contributed by atoms with E-state index in [0.717, 1.165) is 0 Å². The van der Waals surface area contributed by atoms with Crippen LogP contribution in [0.25, 0.3) is 0 Å². The van der Waals surface area contributed by atoms with Crippen molar-refractivity contribution in [3.05, 3.63) is 0 Å². The molecule has 0 aromatic rings. The molecule has 0 aliphatic carbocycles. The van der Waals surface area contributed by atoms with Gasteiger partial charge < -0.3 is 14.2 Å². The molecular formula is C10H20O4. The van der Waals surface area contributed by atoms with E-state index in [1.807, 2.05) is 20.8 Å². The van der Waals surface area contributed by atoms with Crippen LogP contribution in [0.15, 0.2) is 0 Å². The van der Waals surface area contributed by atoms with Crippen molar-refractivity contribution in [3.63, 3.8) is 0 Å². The summed E-state index contributed by atoms with van der Waals surface area (Å²) in [6.07, 6.45) is 0.127. The van der Waals surface area contributed by atoms with Gasteiger partial charge in [0, 0.05) is 19.8 Å². The first kappa shape index (κ1) is 13.5. The Labute approximate surface area is 85.5 Å². The lowest BCUT2D eigenvalue weighted by Crippen LogP contribution is -2.41. The molecule has 84 valence electrons. The van der Waals surface area contributed by atoms with Crippen molar-refractivity contribution in [1.29, 1.82) is 0 Å². The standard InChI is InChI=1S/C10H20O4/c1-5-12-10(13-6-2,14-7-3)8-9(4)11/h5-8H2,1-4H3. The van der Waals surface area contributed by atoms with Crippen molar-refractivity contribution in [1.82, 2.24) is 0 Å². The van der Waals surface area contributed by atoms with Gasteiger partial charge in [0.15, 0.2) is 0 Å². The normalized spacial score (nSPS) is 11.7. The van der Waals surface area contributed by atoms with Gasteiger partial charge in [-0.1, -0.05) is 0 Å². The Bertz CT molecular complexity index is 150. The molecule has 0 saturated carbocycles. The zero-order valence-electron chi connectivity index (χ0n) is 9.46. The molecule has 0 unspecified atom stereocenters. The maximum Gasteiger partial charge on any atom is 0.290 e. The van der Waals surface area contributed by atoms with Gasteiger partial charge in [-0.3, -0.25) is 4.79 Å². The highest BCUT2D eigenvalue weighted by Gasteiger charge is 2.33. The first-order chi connectivity index (χ1) is 6.60. The van der Waals surface area contributed by atoms with E-state index in [1.54, 1.807) is 0 Å². The van der Waals surface area contributed by atoms with Crippen molar-refractivity contribution < 1.29 is 19.0 Å². The Morgan fingerprint density at radius 1 is 1.00 bits per heavy atom. The quantitative estimate of drug-likeness (QED) is 0.565. The van der Waals surface area contributed by atoms with Gasteiger partial charge in [0.25, 0.3) is 5.97 Å². The maximum absolute atomic E-state index is 11.0.